The van der Waals surface area contributed by atoms with Crippen LogP contribution in [0.2, 0.25) is 10.0 Å². The Hall–Kier alpha value is -2.91. The van der Waals surface area contributed by atoms with Crippen molar-refractivity contribution in [2.75, 3.05) is 0 Å². The molecule has 1 aliphatic rings. The normalized spacial score (nSPS) is 14.6. The summed E-state index contributed by atoms with van der Waals surface area (Å²) in [5, 5.41) is 1.73. The van der Waals surface area contributed by atoms with Crippen LogP contribution in [0.1, 0.15) is 21.5 Å². The summed E-state index contributed by atoms with van der Waals surface area (Å²) in [6, 6.07) is 17.7. The molecule has 0 spiro atoms. The fourth-order valence-electron chi connectivity index (χ4n) is 3.00. The minimum Gasteiger partial charge on any atom is -0.489 e. The van der Waals surface area contributed by atoms with Gasteiger partial charge in [-0.3, -0.25) is 15.0 Å². The fourth-order valence-corrected chi connectivity index (χ4v) is 4.58. The Balaban J connectivity index is 1.41. The van der Waals surface area contributed by atoms with Gasteiger partial charge in [0.1, 0.15) is 18.2 Å². The summed E-state index contributed by atoms with van der Waals surface area (Å²) < 4.78 is 19.7. The molecular weight excluding hydrogens is 518 g/mol. The van der Waals surface area contributed by atoms with E-state index in [2.05, 4.69) is 5.43 Å². The Morgan fingerprint density at radius 3 is 2.56 bits per heavy atom. The number of carbonyl (C=O) groups is 2. The van der Waals surface area contributed by atoms with Crippen molar-refractivity contribution in [1.29, 1.82) is 0 Å². The second kappa shape index (κ2) is 10.6. The minimum absolute atomic E-state index is 0.0180. The number of halogens is 3. The van der Waals surface area contributed by atoms with Crippen LogP contribution < -0.4 is 10.2 Å². The molecule has 0 bridgehead atoms. The van der Waals surface area contributed by atoms with Gasteiger partial charge in [-0.1, -0.05) is 59.2 Å². The number of benzene rings is 3. The Bertz CT molecular complexity index is 1300. The molecule has 1 heterocycles. The molecule has 5 nitrogen and oxygen atoms in total. The highest BCUT2D eigenvalue weighted by atomic mass is 35.5. The van der Waals surface area contributed by atoms with Crippen LogP contribution in [0, 0.1) is 5.82 Å². The maximum atomic E-state index is 13.9. The van der Waals surface area contributed by atoms with Gasteiger partial charge in [-0.15, -0.1) is 0 Å². The van der Waals surface area contributed by atoms with Crippen molar-refractivity contribution in [1.82, 2.24) is 10.4 Å². The van der Waals surface area contributed by atoms with E-state index >= 15 is 0 Å². The summed E-state index contributed by atoms with van der Waals surface area (Å²) in [7, 11) is 0. The van der Waals surface area contributed by atoms with E-state index in [9.17, 15) is 14.0 Å². The summed E-state index contributed by atoms with van der Waals surface area (Å²) in [6.07, 6.45) is 1.66. The average molecular weight is 533 g/mol. The average Bonchev–Trinajstić information content (AvgIpc) is 3.07. The molecule has 1 saturated heterocycles. The molecule has 1 aliphatic heterocycles. The molecule has 0 aliphatic carbocycles. The van der Waals surface area contributed by atoms with E-state index in [0.29, 0.717) is 26.3 Å². The molecule has 0 atom stereocenters. The first-order chi connectivity index (χ1) is 16.3. The predicted octanol–water partition coefficient (Wildman–Crippen LogP) is 6.26. The molecule has 0 radical (unpaired) electrons. The highest BCUT2D eigenvalue weighted by Crippen LogP contribution is 2.32. The maximum absolute atomic E-state index is 13.9. The summed E-state index contributed by atoms with van der Waals surface area (Å²) in [5.41, 5.74) is 3.81. The molecule has 1 N–H and O–H groups in total. The highest BCUT2D eigenvalue weighted by molar-refractivity contribution is 8.26. The van der Waals surface area contributed by atoms with Crippen molar-refractivity contribution in [2.45, 2.75) is 6.61 Å². The topological polar surface area (TPSA) is 58.6 Å². The Morgan fingerprint density at radius 1 is 1.12 bits per heavy atom. The van der Waals surface area contributed by atoms with Gasteiger partial charge in [0.2, 0.25) is 0 Å². The molecule has 1 fully saturated rings. The second-order valence-electron chi connectivity index (χ2n) is 7.03. The lowest BCUT2D eigenvalue weighted by molar-refractivity contribution is -0.123. The van der Waals surface area contributed by atoms with E-state index in [-0.39, 0.29) is 16.5 Å². The van der Waals surface area contributed by atoms with Gasteiger partial charge < -0.3 is 4.74 Å². The molecule has 10 heteroatoms. The van der Waals surface area contributed by atoms with Crippen molar-refractivity contribution in [3.05, 3.63) is 104 Å². The lowest BCUT2D eigenvalue weighted by atomic mass is 10.2. The molecule has 0 aromatic heterocycles. The van der Waals surface area contributed by atoms with Crippen molar-refractivity contribution in [2.24, 2.45) is 0 Å². The van der Waals surface area contributed by atoms with Gasteiger partial charge in [0.05, 0.1) is 9.93 Å². The van der Waals surface area contributed by atoms with Gasteiger partial charge in [-0.2, -0.15) is 5.01 Å². The molecule has 172 valence electrons. The monoisotopic (exact) mass is 532 g/mol. The third-order valence-electron chi connectivity index (χ3n) is 4.72. The molecule has 4 rings (SSSR count). The van der Waals surface area contributed by atoms with Crippen LogP contribution in [0.15, 0.2) is 71.6 Å². The zero-order chi connectivity index (χ0) is 24.2. The number of rotatable bonds is 6. The summed E-state index contributed by atoms with van der Waals surface area (Å²) in [6.45, 7) is -0.0180. The van der Waals surface area contributed by atoms with Crippen LogP contribution in [0.4, 0.5) is 4.39 Å². The van der Waals surface area contributed by atoms with Crippen LogP contribution in [0.3, 0.4) is 0 Å². The fraction of sp³-hybridized carbons (Fsp3) is 0.0417. The van der Waals surface area contributed by atoms with E-state index in [1.807, 2.05) is 0 Å². The minimum atomic E-state index is -0.503. The SMILES string of the molecule is O=C(NN1C(=O)/C(=C\c2ccc(OCc3c(F)cccc3Cl)cc2)SC1=S)c1cccc(Cl)c1. The van der Waals surface area contributed by atoms with E-state index in [0.717, 1.165) is 22.3 Å². The lowest BCUT2D eigenvalue weighted by Gasteiger charge is -2.15. The van der Waals surface area contributed by atoms with Gasteiger partial charge in [-0.25, -0.2) is 4.39 Å². The van der Waals surface area contributed by atoms with Gasteiger partial charge in [0, 0.05) is 16.1 Å². The van der Waals surface area contributed by atoms with Crippen LogP contribution in [-0.4, -0.2) is 21.1 Å². The van der Waals surface area contributed by atoms with Crippen LogP contribution in [0.5, 0.6) is 5.75 Å². The lowest BCUT2D eigenvalue weighted by Crippen LogP contribution is -2.44. The zero-order valence-electron chi connectivity index (χ0n) is 17.3. The molecule has 34 heavy (non-hydrogen) atoms. The first kappa shape index (κ1) is 24.2. The van der Waals surface area contributed by atoms with Gasteiger partial charge >= 0.3 is 0 Å². The Labute approximate surface area is 214 Å². The molecule has 3 aromatic rings. The summed E-state index contributed by atoms with van der Waals surface area (Å²) in [5.74, 6) is -0.872. The number of thioether (sulfide) groups is 1. The highest BCUT2D eigenvalue weighted by Gasteiger charge is 2.33. The third kappa shape index (κ3) is 5.59. The Kier molecular flexibility index (Phi) is 7.53. The van der Waals surface area contributed by atoms with Crippen LogP contribution >= 0.6 is 47.2 Å². The van der Waals surface area contributed by atoms with Crippen molar-refractivity contribution >= 4 is 69.4 Å². The Morgan fingerprint density at radius 2 is 1.85 bits per heavy atom. The van der Waals surface area contributed by atoms with Gasteiger partial charge in [0.15, 0.2) is 4.32 Å². The van der Waals surface area contributed by atoms with Crippen LogP contribution in [-0.2, 0) is 11.4 Å². The molecule has 0 unspecified atom stereocenters. The van der Waals surface area contributed by atoms with E-state index in [1.165, 1.54) is 18.2 Å². The van der Waals surface area contributed by atoms with E-state index < -0.39 is 17.6 Å². The zero-order valence-corrected chi connectivity index (χ0v) is 20.4. The summed E-state index contributed by atoms with van der Waals surface area (Å²) in [4.78, 5) is 25.6. The maximum Gasteiger partial charge on any atom is 0.285 e. The number of carbonyl (C=O) groups excluding carboxylic acids is 2. The van der Waals surface area contributed by atoms with Gasteiger partial charge in [0.25, 0.3) is 11.8 Å². The number of hydrogen-bond donors (Lipinski definition) is 1. The predicted molar refractivity (Wildman–Crippen MR) is 136 cm³/mol. The second-order valence-corrected chi connectivity index (χ2v) is 9.55. The first-order valence-corrected chi connectivity index (χ1v) is 11.8. The molecule has 0 saturated carbocycles. The van der Waals surface area contributed by atoms with Crippen LogP contribution in [0.25, 0.3) is 6.08 Å². The first-order valence-electron chi connectivity index (χ1n) is 9.82. The number of nitrogens with one attached hydrogen (secondary N) is 1. The molecule has 2 amide bonds. The number of ether oxygens (including phenoxy) is 1. The number of hydrazine groups is 1. The molecular formula is C24H15Cl2FN2O3S2. The number of amides is 2. The number of thiocarbonyl (C=S) groups is 1. The van der Waals surface area contributed by atoms with E-state index in [4.69, 9.17) is 40.2 Å². The molecule has 3 aromatic carbocycles. The standard InChI is InChI=1S/C24H15Cl2FN2O3S2/c25-16-4-1-3-15(12-16)22(30)28-29-23(31)21(34-24(29)33)11-14-7-9-17(10-8-14)32-13-18-19(26)5-2-6-20(18)27/h1-12H,13H2,(H,28,30)/b21-11+. The third-order valence-corrected chi connectivity index (χ3v) is 6.61. The number of nitrogens with zero attached hydrogens (tertiary/aromatic N) is 1. The smallest absolute Gasteiger partial charge is 0.285 e. The quantitative estimate of drug-likeness (QED) is 0.300. The van der Waals surface area contributed by atoms with Crippen molar-refractivity contribution in [3.8, 4) is 5.75 Å². The number of hydrogen-bond acceptors (Lipinski definition) is 5. The van der Waals surface area contributed by atoms with E-state index in [1.54, 1.807) is 54.6 Å². The largest absolute Gasteiger partial charge is 0.489 e. The van der Waals surface area contributed by atoms with Gasteiger partial charge in [-0.05, 0) is 66.3 Å². The van der Waals surface area contributed by atoms with Crippen molar-refractivity contribution < 1.29 is 18.7 Å². The summed E-state index contributed by atoms with van der Waals surface area (Å²) >= 11 is 18.3. The van der Waals surface area contributed by atoms with Crippen molar-refractivity contribution in [3.63, 3.8) is 0 Å².